The van der Waals surface area contributed by atoms with E-state index in [1.165, 1.54) is 5.56 Å². The number of likely N-dealkylation sites (N-methyl/N-ethyl adjacent to an activating group) is 1. The van der Waals surface area contributed by atoms with Crippen LogP contribution in [-0.4, -0.2) is 91.3 Å². The number of nitrogens with zero attached hydrogens (tertiary/aromatic N) is 5. The van der Waals surface area contributed by atoms with E-state index in [0.717, 1.165) is 86.8 Å². The first kappa shape index (κ1) is 29.1. The number of hydrogen-bond acceptors (Lipinski definition) is 7. The van der Waals surface area contributed by atoms with Gasteiger partial charge >= 0.3 is 6.03 Å². The Morgan fingerprint density at radius 3 is 2.56 bits per heavy atom. The topological polar surface area (TPSA) is 85.9 Å². The lowest BCUT2D eigenvalue weighted by Gasteiger charge is -2.38. The molecule has 2 fully saturated rings. The summed E-state index contributed by atoms with van der Waals surface area (Å²) in [5.74, 6) is 2.53. The molecule has 41 heavy (non-hydrogen) atoms. The third-order valence-electron chi connectivity index (χ3n) is 8.43. The van der Waals surface area contributed by atoms with Gasteiger partial charge in [0, 0.05) is 69.0 Å². The minimum atomic E-state index is -0.156. The van der Waals surface area contributed by atoms with Crippen molar-refractivity contribution in [1.29, 1.82) is 0 Å². The highest BCUT2D eigenvalue weighted by molar-refractivity contribution is 5.91. The minimum Gasteiger partial charge on any atom is -0.493 e. The molecule has 3 aromatic rings. The van der Waals surface area contributed by atoms with Crippen molar-refractivity contribution in [1.82, 2.24) is 25.1 Å². The Kier molecular flexibility index (Phi) is 9.57. The van der Waals surface area contributed by atoms with Gasteiger partial charge in [0.2, 0.25) is 0 Å². The zero-order valence-electron chi connectivity index (χ0n) is 25.0. The molecular weight excluding hydrogens is 514 g/mol. The molecule has 0 radical (unpaired) electrons. The van der Waals surface area contributed by atoms with E-state index in [9.17, 15) is 4.79 Å². The minimum absolute atomic E-state index is 0.0973. The summed E-state index contributed by atoms with van der Waals surface area (Å²) >= 11 is 0. The molecule has 3 heterocycles. The molecule has 2 N–H and O–H groups in total. The summed E-state index contributed by atoms with van der Waals surface area (Å²) in [6.07, 6.45) is 3.50. The molecule has 2 unspecified atom stereocenters. The lowest BCUT2D eigenvalue weighted by Crippen LogP contribution is -2.51. The molecule has 0 spiro atoms. The first-order valence-electron chi connectivity index (χ1n) is 15.1. The molecule has 9 heteroatoms. The molecule has 9 nitrogen and oxygen atoms in total. The summed E-state index contributed by atoms with van der Waals surface area (Å²) < 4.78 is 6.08. The predicted octanol–water partition coefficient (Wildman–Crippen LogP) is 4.81. The van der Waals surface area contributed by atoms with Crippen molar-refractivity contribution < 1.29 is 9.53 Å². The van der Waals surface area contributed by atoms with Crippen LogP contribution in [0.25, 0.3) is 10.9 Å². The number of hydrogen-bond donors (Lipinski definition) is 2. The summed E-state index contributed by atoms with van der Waals surface area (Å²) in [4.78, 5) is 29.1. The molecule has 5 rings (SSSR count). The smallest absolute Gasteiger partial charge is 0.319 e. The molecule has 0 bridgehead atoms. The number of aromatic nitrogens is 2. The molecule has 0 aliphatic carbocycles. The second-order valence-corrected chi connectivity index (χ2v) is 11.9. The highest BCUT2D eigenvalue weighted by Crippen LogP contribution is 2.30. The second-order valence-electron chi connectivity index (χ2n) is 11.9. The van der Waals surface area contributed by atoms with E-state index in [2.05, 4.69) is 81.3 Å². The molecule has 2 saturated heterocycles. The van der Waals surface area contributed by atoms with E-state index in [1.54, 1.807) is 6.33 Å². The summed E-state index contributed by atoms with van der Waals surface area (Å²) in [5, 5.41) is 7.20. The van der Waals surface area contributed by atoms with Crippen LogP contribution in [0.4, 0.5) is 16.3 Å². The number of rotatable bonds is 9. The maximum atomic E-state index is 12.7. The van der Waals surface area contributed by atoms with E-state index in [1.807, 2.05) is 24.3 Å². The molecule has 2 amide bonds. The van der Waals surface area contributed by atoms with Gasteiger partial charge in [0.25, 0.3) is 0 Å². The molecular formula is C32H45N7O2. The highest BCUT2D eigenvalue weighted by atomic mass is 16.5. The maximum Gasteiger partial charge on any atom is 0.319 e. The average molecular weight is 560 g/mol. The van der Waals surface area contributed by atoms with Crippen molar-refractivity contribution in [3.63, 3.8) is 0 Å². The van der Waals surface area contributed by atoms with Crippen LogP contribution in [0.15, 0.2) is 48.8 Å². The van der Waals surface area contributed by atoms with Crippen molar-refractivity contribution in [2.75, 3.05) is 69.7 Å². The van der Waals surface area contributed by atoms with Gasteiger partial charge in [-0.2, -0.15) is 0 Å². The Morgan fingerprint density at radius 2 is 1.83 bits per heavy atom. The number of piperidine rings is 1. The zero-order chi connectivity index (χ0) is 28.8. The quantitative estimate of drug-likeness (QED) is 0.364. The fraction of sp³-hybridized carbons (Fsp3) is 0.531. The van der Waals surface area contributed by atoms with Gasteiger partial charge in [-0.3, -0.25) is 0 Å². The van der Waals surface area contributed by atoms with Crippen molar-refractivity contribution in [2.45, 2.75) is 45.6 Å². The van der Waals surface area contributed by atoms with Crippen LogP contribution >= 0.6 is 0 Å². The molecule has 0 saturated carbocycles. The van der Waals surface area contributed by atoms with Gasteiger partial charge < -0.3 is 30.1 Å². The molecule has 220 valence electrons. The fourth-order valence-corrected chi connectivity index (χ4v) is 5.75. The van der Waals surface area contributed by atoms with Crippen LogP contribution < -0.4 is 20.3 Å². The number of carbonyl (C=O) groups is 1. The maximum absolute atomic E-state index is 12.7. The first-order valence-corrected chi connectivity index (χ1v) is 15.1. The van der Waals surface area contributed by atoms with Crippen molar-refractivity contribution >= 4 is 28.4 Å². The van der Waals surface area contributed by atoms with Gasteiger partial charge in [-0.1, -0.05) is 32.9 Å². The number of ether oxygens (including phenoxy) is 1. The van der Waals surface area contributed by atoms with E-state index in [4.69, 9.17) is 4.74 Å². The molecule has 2 aliphatic rings. The van der Waals surface area contributed by atoms with Gasteiger partial charge in [0.05, 0.1) is 12.1 Å². The van der Waals surface area contributed by atoms with Crippen LogP contribution in [0.2, 0.25) is 0 Å². The monoisotopic (exact) mass is 559 g/mol. The number of nitrogens with one attached hydrogen (secondary N) is 2. The number of piperazine rings is 1. The Morgan fingerprint density at radius 1 is 1.05 bits per heavy atom. The van der Waals surface area contributed by atoms with E-state index >= 15 is 0 Å². The van der Waals surface area contributed by atoms with Crippen LogP contribution in [0, 0.1) is 5.92 Å². The standard InChI is InChI=1S/C32H45N7O2/c1-23(2)25-6-8-26(9-7-25)35-32(40)36-29-12-14-39(21-24(29)3)31-28-11-10-27(20-30(28)33-22-34-31)41-19-5-13-38-17-15-37(4)16-18-38/h6-11,20,22-24,29H,5,12-19,21H2,1-4H3,(H2,35,36,40). The van der Waals surface area contributed by atoms with Crippen LogP contribution in [0.5, 0.6) is 5.75 Å². The number of urea groups is 1. The average Bonchev–Trinajstić information content (AvgIpc) is 2.97. The summed E-state index contributed by atoms with van der Waals surface area (Å²) in [7, 11) is 2.19. The van der Waals surface area contributed by atoms with Crippen molar-refractivity contribution in [3.8, 4) is 5.75 Å². The Bertz CT molecular complexity index is 1290. The summed E-state index contributed by atoms with van der Waals surface area (Å²) in [6, 6.07) is 14.1. The van der Waals surface area contributed by atoms with Gasteiger partial charge in [-0.05, 0) is 61.6 Å². The Hall–Kier alpha value is -3.43. The Balaban J connectivity index is 1.12. The predicted molar refractivity (Wildman–Crippen MR) is 166 cm³/mol. The van der Waals surface area contributed by atoms with Crippen molar-refractivity contribution in [3.05, 3.63) is 54.4 Å². The van der Waals surface area contributed by atoms with Crippen LogP contribution in [-0.2, 0) is 0 Å². The second kappa shape index (κ2) is 13.5. The third kappa shape index (κ3) is 7.65. The number of fused-ring (bicyclic) bond motifs is 1. The number of benzene rings is 2. The van der Waals surface area contributed by atoms with E-state index < -0.39 is 0 Å². The summed E-state index contributed by atoms with van der Waals surface area (Å²) in [6.45, 7) is 14.5. The molecule has 2 atom stereocenters. The lowest BCUT2D eigenvalue weighted by atomic mass is 9.93. The Labute approximate surface area is 244 Å². The first-order chi connectivity index (χ1) is 19.9. The third-order valence-corrected chi connectivity index (χ3v) is 8.43. The number of carbonyl (C=O) groups excluding carboxylic acids is 1. The highest BCUT2D eigenvalue weighted by Gasteiger charge is 2.29. The SMILES string of the molecule is CC(C)c1ccc(NC(=O)NC2CCN(c3ncnc4cc(OCCCN5CCN(C)CC5)ccc34)CC2C)cc1. The summed E-state index contributed by atoms with van der Waals surface area (Å²) in [5.41, 5.74) is 2.96. The van der Waals surface area contributed by atoms with Gasteiger partial charge in [-0.25, -0.2) is 14.8 Å². The normalized spacial score (nSPS) is 20.4. The van der Waals surface area contributed by atoms with Gasteiger partial charge in [0.1, 0.15) is 17.9 Å². The van der Waals surface area contributed by atoms with E-state index in [0.29, 0.717) is 12.5 Å². The lowest BCUT2D eigenvalue weighted by molar-refractivity contribution is 0.145. The van der Waals surface area contributed by atoms with Gasteiger partial charge in [-0.15, -0.1) is 0 Å². The number of amides is 2. The van der Waals surface area contributed by atoms with Crippen molar-refractivity contribution in [2.24, 2.45) is 5.92 Å². The largest absolute Gasteiger partial charge is 0.493 e. The fourth-order valence-electron chi connectivity index (χ4n) is 5.75. The zero-order valence-corrected chi connectivity index (χ0v) is 25.0. The van der Waals surface area contributed by atoms with Crippen LogP contribution in [0.1, 0.15) is 45.1 Å². The molecule has 2 aromatic carbocycles. The molecule has 1 aromatic heterocycles. The van der Waals surface area contributed by atoms with E-state index in [-0.39, 0.29) is 18.0 Å². The molecule has 2 aliphatic heterocycles. The van der Waals surface area contributed by atoms with Gasteiger partial charge in [0.15, 0.2) is 0 Å². The van der Waals surface area contributed by atoms with Crippen LogP contribution in [0.3, 0.4) is 0 Å². The number of anilines is 2.